The standard InChI is InChI=1S/C17H15N3O3S2/c1-10(14(21)20-17(22)23-2)24-15-12-8-13(11-6-4-3-5-7-11)25-16(12)19-9-18-15/h3-10H,1-2H3,(H,20,21,22)/t10-/m1/s1. The van der Waals surface area contributed by atoms with Crippen molar-refractivity contribution in [1.82, 2.24) is 15.3 Å². The summed E-state index contributed by atoms with van der Waals surface area (Å²) in [6, 6.07) is 12.1. The predicted molar refractivity (Wildman–Crippen MR) is 98.7 cm³/mol. The highest BCUT2D eigenvalue weighted by Crippen LogP contribution is 2.37. The first-order valence-electron chi connectivity index (χ1n) is 7.44. The van der Waals surface area contributed by atoms with E-state index in [1.165, 1.54) is 25.2 Å². The zero-order chi connectivity index (χ0) is 17.8. The summed E-state index contributed by atoms with van der Waals surface area (Å²) in [5.74, 6) is -0.429. The van der Waals surface area contributed by atoms with E-state index in [-0.39, 0.29) is 0 Å². The molecule has 0 fully saturated rings. The fourth-order valence-corrected chi connectivity index (χ4v) is 4.11. The van der Waals surface area contributed by atoms with Gasteiger partial charge in [-0.05, 0) is 18.6 Å². The van der Waals surface area contributed by atoms with Gasteiger partial charge >= 0.3 is 6.09 Å². The highest BCUT2D eigenvalue weighted by atomic mass is 32.2. The van der Waals surface area contributed by atoms with Gasteiger partial charge in [-0.2, -0.15) is 0 Å². The van der Waals surface area contributed by atoms with Crippen molar-refractivity contribution in [3.63, 3.8) is 0 Å². The Morgan fingerprint density at radius 3 is 2.72 bits per heavy atom. The number of nitrogens with zero attached hydrogens (tertiary/aromatic N) is 2. The number of amides is 2. The van der Waals surface area contributed by atoms with Crippen molar-refractivity contribution in [2.45, 2.75) is 17.2 Å². The van der Waals surface area contributed by atoms with Crippen LogP contribution in [0.3, 0.4) is 0 Å². The lowest BCUT2D eigenvalue weighted by molar-refractivity contribution is -0.119. The second kappa shape index (κ2) is 7.62. The molecule has 3 aromatic rings. The molecule has 8 heteroatoms. The molecular formula is C17H15N3O3S2. The maximum Gasteiger partial charge on any atom is 0.413 e. The fraction of sp³-hybridized carbons (Fsp3) is 0.176. The van der Waals surface area contributed by atoms with Crippen molar-refractivity contribution in [1.29, 1.82) is 0 Å². The van der Waals surface area contributed by atoms with E-state index in [9.17, 15) is 9.59 Å². The fourth-order valence-electron chi connectivity index (χ4n) is 2.15. The molecule has 128 valence electrons. The molecule has 6 nitrogen and oxygen atoms in total. The SMILES string of the molecule is COC(=O)NC(=O)[C@@H](C)Sc1ncnc2sc(-c3ccccc3)cc12. The molecule has 0 saturated carbocycles. The molecule has 25 heavy (non-hydrogen) atoms. The molecule has 0 spiro atoms. The highest BCUT2D eigenvalue weighted by molar-refractivity contribution is 8.00. The molecule has 1 atom stereocenters. The first-order valence-corrected chi connectivity index (χ1v) is 9.13. The Labute approximate surface area is 152 Å². The zero-order valence-electron chi connectivity index (χ0n) is 13.6. The summed E-state index contributed by atoms with van der Waals surface area (Å²) in [7, 11) is 1.21. The quantitative estimate of drug-likeness (QED) is 0.554. The number of carbonyl (C=O) groups excluding carboxylic acids is 2. The molecular weight excluding hydrogens is 358 g/mol. The molecule has 0 bridgehead atoms. The van der Waals surface area contributed by atoms with E-state index >= 15 is 0 Å². The van der Waals surface area contributed by atoms with Crippen molar-refractivity contribution in [2.24, 2.45) is 0 Å². The minimum Gasteiger partial charge on any atom is -0.453 e. The number of benzene rings is 1. The van der Waals surface area contributed by atoms with Gasteiger partial charge in [0.1, 0.15) is 16.2 Å². The van der Waals surface area contributed by atoms with Crippen molar-refractivity contribution in [2.75, 3.05) is 7.11 Å². The number of methoxy groups -OCH3 is 1. The molecule has 0 radical (unpaired) electrons. The first kappa shape index (κ1) is 17.4. The Balaban J connectivity index is 1.86. The van der Waals surface area contributed by atoms with E-state index in [0.717, 1.165) is 20.7 Å². The van der Waals surface area contributed by atoms with Gasteiger partial charge in [-0.1, -0.05) is 42.1 Å². The van der Waals surface area contributed by atoms with Crippen LogP contribution >= 0.6 is 23.1 Å². The number of nitrogens with one attached hydrogen (secondary N) is 1. The van der Waals surface area contributed by atoms with Gasteiger partial charge in [-0.15, -0.1) is 11.3 Å². The Morgan fingerprint density at radius 2 is 2.00 bits per heavy atom. The number of imide groups is 1. The van der Waals surface area contributed by atoms with Crippen LogP contribution in [0, 0.1) is 0 Å². The second-order valence-corrected chi connectivity index (χ2v) is 7.48. The number of thioether (sulfide) groups is 1. The second-order valence-electron chi connectivity index (χ2n) is 5.12. The molecule has 0 aliphatic rings. The molecule has 0 aliphatic carbocycles. The van der Waals surface area contributed by atoms with E-state index in [1.54, 1.807) is 18.3 Å². The Bertz CT molecular complexity index is 912. The summed E-state index contributed by atoms with van der Waals surface area (Å²) in [5.41, 5.74) is 1.11. The molecule has 0 saturated heterocycles. The third kappa shape index (κ3) is 3.97. The monoisotopic (exact) mass is 373 g/mol. The molecule has 2 aromatic heterocycles. The molecule has 2 amide bonds. The first-order chi connectivity index (χ1) is 12.1. The Kier molecular flexibility index (Phi) is 5.30. The summed E-state index contributed by atoms with van der Waals surface area (Å²) >= 11 is 2.85. The molecule has 0 unspecified atom stereocenters. The van der Waals surface area contributed by atoms with Crippen LogP contribution in [0.2, 0.25) is 0 Å². The topological polar surface area (TPSA) is 81.2 Å². The predicted octanol–water partition coefficient (Wildman–Crippen LogP) is 3.72. The van der Waals surface area contributed by atoms with E-state index < -0.39 is 17.3 Å². The number of hydrogen-bond acceptors (Lipinski definition) is 7. The average molecular weight is 373 g/mol. The van der Waals surface area contributed by atoms with Crippen molar-refractivity contribution in [3.05, 3.63) is 42.7 Å². The van der Waals surface area contributed by atoms with Crippen LogP contribution in [0.5, 0.6) is 0 Å². The molecule has 1 aromatic carbocycles. The van der Waals surface area contributed by atoms with E-state index in [0.29, 0.717) is 5.03 Å². The van der Waals surface area contributed by atoms with Crippen LogP contribution in [0.1, 0.15) is 6.92 Å². The smallest absolute Gasteiger partial charge is 0.413 e. The van der Waals surface area contributed by atoms with E-state index in [4.69, 9.17) is 0 Å². The summed E-state index contributed by atoms with van der Waals surface area (Å²) in [6.45, 7) is 1.71. The Hall–Kier alpha value is -2.45. The van der Waals surface area contributed by atoms with Gasteiger partial charge in [0, 0.05) is 10.3 Å². The maximum absolute atomic E-state index is 12.0. The lowest BCUT2D eigenvalue weighted by Gasteiger charge is -2.10. The molecule has 0 aliphatic heterocycles. The van der Waals surface area contributed by atoms with Crippen molar-refractivity contribution >= 4 is 45.3 Å². The van der Waals surface area contributed by atoms with Gasteiger partial charge in [-0.25, -0.2) is 14.8 Å². The number of alkyl carbamates (subject to hydrolysis) is 1. The number of aromatic nitrogens is 2. The van der Waals surface area contributed by atoms with Gasteiger partial charge in [-0.3, -0.25) is 10.1 Å². The highest BCUT2D eigenvalue weighted by Gasteiger charge is 2.20. The normalized spacial score (nSPS) is 11.9. The third-order valence-corrected chi connectivity index (χ3v) is 5.63. The Morgan fingerprint density at radius 1 is 1.24 bits per heavy atom. The lowest BCUT2D eigenvalue weighted by atomic mass is 10.2. The number of fused-ring (bicyclic) bond motifs is 1. The number of thiophene rings is 1. The van der Waals surface area contributed by atoms with Crippen LogP contribution in [-0.2, 0) is 9.53 Å². The van der Waals surface area contributed by atoms with Gasteiger partial charge in [0.25, 0.3) is 0 Å². The third-order valence-electron chi connectivity index (χ3n) is 3.42. The van der Waals surface area contributed by atoms with E-state index in [2.05, 4.69) is 20.0 Å². The van der Waals surface area contributed by atoms with Gasteiger partial charge in [0.15, 0.2) is 0 Å². The minimum absolute atomic E-state index is 0.429. The van der Waals surface area contributed by atoms with Crippen LogP contribution in [0.25, 0.3) is 20.7 Å². The van der Waals surface area contributed by atoms with Crippen LogP contribution in [-0.4, -0.2) is 34.3 Å². The molecule has 2 heterocycles. The zero-order valence-corrected chi connectivity index (χ0v) is 15.2. The number of rotatable bonds is 4. The molecule has 1 N–H and O–H groups in total. The van der Waals surface area contributed by atoms with E-state index in [1.807, 2.05) is 36.4 Å². The van der Waals surface area contributed by atoms with Crippen LogP contribution < -0.4 is 5.32 Å². The summed E-state index contributed by atoms with van der Waals surface area (Å²) in [6.07, 6.45) is 0.716. The number of ether oxygens (including phenoxy) is 1. The largest absolute Gasteiger partial charge is 0.453 e. The van der Waals surface area contributed by atoms with Gasteiger partial charge < -0.3 is 4.74 Å². The maximum atomic E-state index is 12.0. The minimum atomic E-state index is -0.771. The molecule has 3 rings (SSSR count). The van der Waals surface area contributed by atoms with Crippen LogP contribution in [0.4, 0.5) is 4.79 Å². The average Bonchev–Trinajstić information content (AvgIpc) is 3.07. The lowest BCUT2D eigenvalue weighted by Crippen LogP contribution is -2.35. The van der Waals surface area contributed by atoms with Crippen molar-refractivity contribution < 1.29 is 14.3 Å². The van der Waals surface area contributed by atoms with Crippen LogP contribution in [0.15, 0.2) is 47.8 Å². The van der Waals surface area contributed by atoms with Gasteiger partial charge in [0.2, 0.25) is 5.91 Å². The summed E-state index contributed by atoms with van der Waals surface area (Å²) in [4.78, 5) is 33.7. The number of hydrogen-bond donors (Lipinski definition) is 1. The number of carbonyl (C=O) groups is 2. The van der Waals surface area contributed by atoms with Crippen molar-refractivity contribution in [3.8, 4) is 10.4 Å². The van der Waals surface area contributed by atoms with Gasteiger partial charge in [0.05, 0.1) is 12.4 Å². The summed E-state index contributed by atoms with van der Waals surface area (Å²) in [5, 5.41) is 3.27. The summed E-state index contributed by atoms with van der Waals surface area (Å²) < 4.78 is 4.44.